The first-order valence-electron chi connectivity index (χ1n) is 5.63. The average molecular weight is 275 g/mol. The first kappa shape index (κ1) is 14.5. The van der Waals surface area contributed by atoms with Crippen molar-refractivity contribution in [1.29, 1.82) is 0 Å². The molecule has 0 aliphatic heterocycles. The van der Waals surface area contributed by atoms with Crippen LogP contribution < -0.4 is 5.32 Å². The van der Waals surface area contributed by atoms with E-state index in [-0.39, 0.29) is 5.76 Å². The topological polar surface area (TPSA) is 85.4 Å². The Kier molecular flexibility index (Phi) is 5.64. The van der Waals surface area contributed by atoms with Crippen molar-refractivity contribution in [2.45, 2.75) is 19.8 Å². The van der Waals surface area contributed by atoms with Crippen LogP contribution in [-0.2, 0) is 0 Å². The van der Waals surface area contributed by atoms with E-state index in [9.17, 15) is 14.9 Å². The summed E-state index contributed by atoms with van der Waals surface area (Å²) in [4.78, 5) is 21.2. The van der Waals surface area contributed by atoms with Crippen LogP contribution in [0.2, 0.25) is 0 Å². The van der Waals surface area contributed by atoms with E-state index in [1.54, 1.807) is 0 Å². The maximum Gasteiger partial charge on any atom is 0.433 e. The Labute approximate surface area is 109 Å². The Morgan fingerprint density at radius 2 is 2.33 bits per heavy atom. The molecule has 6 nitrogen and oxygen atoms in total. The number of hydrogen-bond acceptors (Lipinski definition) is 4. The lowest BCUT2D eigenvalue weighted by atomic mass is 10.1. The summed E-state index contributed by atoms with van der Waals surface area (Å²) in [6.45, 7) is 2.53. The minimum atomic E-state index is -0.682. The zero-order valence-electron chi connectivity index (χ0n) is 10.0. The van der Waals surface area contributed by atoms with Crippen molar-refractivity contribution in [3.8, 4) is 0 Å². The Morgan fingerprint density at radius 3 is 2.89 bits per heavy atom. The Morgan fingerprint density at radius 1 is 1.61 bits per heavy atom. The highest BCUT2D eigenvalue weighted by molar-refractivity contribution is 6.18. The second-order valence-electron chi connectivity index (χ2n) is 4.05. The highest BCUT2D eigenvalue weighted by Crippen LogP contribution is 2.15. The SMILES string of the molecule is CC(CCl)CCCNC(=O)c1ccc([N+](=O)[O-])o1. The Balaban J connectivity index is 2.34. The van der Waals surface area contributed by atoms with Crippen molar-refractivity contribution in [2.24, 2.45) is 5.92 Å². The van der Waals surface area contributed by atoms with Gasteiger partial charge in [-0.05, 0) is 24.8 Å². The third kappa shape index (κ3) is 4.37. The van der Waals surface area contributed by atoms with Gasteiger partial charge >= 0.3 is 5.88 Å². The van der Waals surface area contributed by atoms with Gasteiger partial charge in [0.15, 0.2) is 5.76 Å². The van der Waals surface area contributed by atoms with E-state index in [2.05, 4.69) is 5.32 Å². The van der Waals surface area contributed by atoms with Gasteiger partial charge in [0.05, 0.1) is 6.07 Å². The number of nitrogens with zero attached hydrogens (tertiary/aromatic N) is 1. The number of furan rings is 1. The molecule has 1 amide bonds. The van der Waals surface area contributed by atoms with Crippen molar-refractivity contribution >= 4 is 23.4 Å². The Bertz CT molecular complexity index is 419. The molecule has 0 saturated carbocycles. The van der Waals surface area contributed by atoms with Gasteiger partial charge in [0.1, 0.15) is 4.92 Å². The molecule has 0 aliphatic rings. The lowest BCUT2D eigenvalue weighted by Crippen LogP contribution is -2.24. The summed E-state index contributed by atoms with van der Waals surface area (Å²) >= 11 is 5.66. The number of alkyl halides is 1. The molecule has 1 atom stereocenters. The van der Waals surface area contributed by atoms with Crippen LogP contribution in [-0.4, -0.2) is 23.3 Å². The average Bonchev–Trinajstić information content (AvgIpc) is 2.83. The molecule has 1 aromatic heterocycles. The summed E-state index contributed by atoms with van der Waals surface area (Å²) < 4.78 is 4.77. The highest BCUT2D eigenvalue weighted by Gasteiger charge is 2.16. The van der Waals surface area contributed by atoms with E-state index in [1.807, 2.05) is 6.92 Å². The minimum absolute atomic E-state index is 0.0490. The molecule has 7 heteroatoms. The highest BCUT2D eigenvalue weighted by atomic mass is 35.5. The van der Waals surface area contributed by atoms with E-state index in [4.69, 9.17) is 16.0 Å². The maximum absolute atomic E-state index is 11.5. The van der Waals surface area contributed by atoms with Crippen LogP contribution in [0.1, 0.15) is 30.3 Å². The zero-order valence-corrected chi connectivity index (χ0v) is 10.8. The molecule has 1 unspecified atom stereocenters. The summed E-state index contributed by atoms with van der Waals surface area (Å²) in [5.74, 6) is 0.0797. The monoisotopic (exact) mass is 274 g/mol. The fourth-order valence-corrected chi connectivity index (χ4v) is 1.52. The smallest absolute Gasteiger partial charge is 0.395 e. The summed E-state index contributed by atoms with van der Waals surface area (Å²) in [6, 6.07) is 2.44. The molecule has 0 aromatic carbocycles. The molecular weight excluding hydrogens is 260 g/mol. The van der Waals surface area contributed by atoms with Gasteiger partial charge < -0.3 is 9.73 Å². The van der Waals surface area contributed by atoms with Gasteiger partial charge in [-0.3, -0.25) is 14.9 Å². The number of carbonyl (C=O) groups is 1. The van der Waals surface area contributed by atoms with Crippen molar-refractivity contribution in [3.05, 3.63) is 28.0 Å². The van der Waals surface area contributed by atoms with Gasteiger partial charge in [0.25, 0.3) is 5.91 Å². The van der Waals surface area contributed by atoms with Gasteiger partial charge in [-0.1, -0.05) is 6.92 Å². The quantitative estimate of drug-likeness (QED) is 0.358. The fraction of sp³-hybridized carbons (Fsp3) is 0.545. The molecule has 0 saturated heterocycles. The number of nitro groups is 1. The maximum atomic E-state index is 11.5. The van der Waals surface area contributed by atoms with E-state index in [0.29, 0.717) is 18.3 Å². The first-order chi connectivity index (χ1) is 8.54. The number of amides is 1. The molecule has 0 bridgehead atoms. The predicted molar refractivity (Wildman–Crippen MR) is 66.8 cm³/mol. The number of nitrogens with one attached hydrogen (secondary N) is 1. The van der Waals surface area contributed by atoms with Crippen LogP contribution in [0.3, 0.4) is 0 Å². The Hall–Kier alpha value is -1.56. The molecule has 0 aliphatic carbocycles. The van der Waals surface area contributed by atoms with Gasteiger partial charge in [-0.25, -0.2) is 0 Å². The summed E-state index contributed by atoms with van der Waals surface area (Å²) in [7, 11) is 0. The summed E-state index contributed by atoms with van der Waals surface area (Å²) in [5.41, 5.74) is 0. The standard InChI is InChI=1S/C11H15ClN2O4/c1-8(7-12)3-2-6-13-11(15)9-4-5-10(18-9)14(16)17/h4-5,8H,2-3,6-7H2,1H3,(H,13,15). The molecule has 1 heterocycles. The van der Waals surface area contributed by atoms with Gasteiger partial charge in [0, 0.05) is 12.4 Å². The van der Waals surface area contributed by atoms with Crippen LogP contribution in [0.4, 0.5) is 5.88 Å². The molecule has 0 fully saturated rings. The molecule has 100 valence electrons. The molecule has 0 spiro atoms. The largest absolute Gasteiger partial charge is 0.433 e. The van der Waals surface area contributed by atoms with Gasteiger partial charge in [0.2, 0.25) is 0 Å². The van der Waals surface area contributed by atoms with E-state index < -0.39 is 16.7 Å². The molecule has 1 N–H and O–H groups in total. The van der Waals surface area contributed by atoms with Crippen molar-refractivity contribution in [3.63, 3.8) is 0 Å². The van der Waals surface area contributed by atoms with E-state index in [0.717, 1.165) is 18.9 Å². The van der Waals surface area contributed by atoms with Crippen LogP contribution in [0.25, 0.3) is 0 Å². The third-order valence-corrected chi connectivity index (χ3v) is 2.95. The van der Waals surface area contributed by atoms with Crippen LogP contribution in [0, 0.1) is 16.0 Å². The lowest BCUT2D eigenvalue weighted by Gasteiger charge is -2.07. The number of carbonyl (C=O) groups excluding carboxylic acids is 1. The summed E-state index contributed by atoms with van der Waals surface area (Å²) in [5, 5.41) is 13.0. The molecular formula is C11H15ClN2O4. The van der Waals surface area contributed by atoms with E-state index >= 15 is 0 Å². The van der Waals surface area contributed by atoms with Crippen LogP contribution in [0.5, 0.6) is 0 Å². The second-order valence-corrected chi connectivity index (χ2v) is 4.36. The number of hydrogen-bond donors (Lipinski definition) is 1. The normalized spacial score (nSPS) is 12.1. The first-order valence-corrected chi connectivity index (χ1v) is 6.16. The molecule has 1 aromatic rings. The molecule has 18 heavy (non-hydrogen) atoms. The third-order valence-electron chi connectivity index (χ3n) is 2.42. The van der Waals surface area contributed by atoms with Crippen molar-refractivity contribution in [1.82, 2.24) is 5.32 Å². The fourth-order valence-electron chi connectivity index (χ4n) is 1.36. The lowest BCUT2D eigenvalue weighted by molar-refractivity contribution is -0.402. The zero-order chi connectivity index (χ0) is 13.5. The number of rotatable bonds is 7. The second kappa shape index (κ2) is 7.00. The van der Waals surface area contributed by atoms with Crippen LogP contribution >= 0.6 is 11.6 Å². The van der Waals surface area contributed by atoms with Crippen LogP contribution in [0.15, 0.2) is 16.5 Å². The van der Waals surface area contributed by atoms with Crippen molar-refractivity contribution < 1.29 is 14.1 Å². The van der Waals surface area contributed by atoms with Crippen molar-refractivity contribution in [2.75, 3.05) is 12.4 Å². The molecule has 1 rings (SSSR count). The molecule has 0 radical (unpaired) electrons. The van der Waals surface area contributed by atoms with Gasteiger partial charge in [-0.2, -0.15) is 0 Å². The predicted octanol–water partition coefficient (Wildman–Crippen LogP) is 2.57. The number of halogens is 1. The summed E-state index contributed by atoms with van der Waals surface area (Å²) in [6.07, 6.45) is 1.73. The van der Waals surface area contributed by atoms with E-state index in [1.165, 1.54) is 6.07 Å². The van der Waals surface area contributed by atoms with Gasteiger partial charge in [-0.15, -0.1) is 11.6 Å². The minimum Gasteiger partial charge on any atom is -0.395 e.